The van der Waals surface area contributed by atoms with E-state index >= 15 is 0 Å². The highest BCUT2D eigenvalue weighted by atomic mass is 15.2. The van der Waals surface area contributed by atoms with E-state index in [2.05, 4.69) is 51.7 Å². The van der Waals surface area contributed by atoms with Gasteiger partial charge in [-0.2, -0.15) is 0 Å². The van der Waals surface area contributed by atoms with Crippen LogP contribution in [0.5, 0.6) is 0 Å². The van der Waals surface area contributed by atoms with E-state index in [-0.39, 0.29) is 5.41 Å². The Morgan fingerprint density at radius 1 is 1.19 bits per heavy atom. The third-order valence-corrected chi connectivity index (χ3v) is 4.54. The van der Waals surface area contributed by atoms with E-state index in [9.17, 15) is 0 Å². The van der Waals surface area contributed by atoms with Gasteiger partial charge in [0.1, 0.15) is 5.82 Å². The van der Waals surface area contributed by atoms with Gasteiger partial charge in [-0.05, 0) is 42.4 Å². The van der Waals surface area contributed by atoms with E-state index < -0.39 is 0 Å². The molecule has 0 saturated carbocycles. The molecule has 0 aliphatic carbocycles. The number of rotatable bonds is 2. The fraction of sp³-hybridized carbons (Fsp3) is 0.722. The SMILES string of the molecule is CC1(C)CCCN(c2cc(CN)cc(C(C)(C)C)n2)CC1. The molecule has 2 N–H and O–H groups in total. The van der Waals surface area contributed by atoms with Crippen LogP contribution in [-0.2, 0) is 12.0 Å². The van der Waals surface area contributed by atoms with Gasteiger partial charge >= 0.3 is 0 Å². The Morgan fingerprint density at radius 2 is 1.90 bits per heavy atom. The summed E-state index contributed by atoms with van der Waals surface area (Å²) < 4.78 is 0. The second-order valence-corrected chi connectivity index (χ2v) is 8.18. The molecule has 0 bridgehead atoms. The van der Waals surface area contributed by atoms with Crippen LogP contribution in [0.3, 0.4) is 0 Å². The van der Waals surface area contributed by atoms with E-state index in [1.807, 2.05) is 0 Å². The minimum absolute atomic E-state index is 0.0606. The molecule has 2 heterocycles. The van der Waals surface area contributed by atoms with Gasteiger partial charge < -0.3 is 10.6 Å². The first-order chi connectivity index (χ1) is 9.71. The molecule has 2 rings (SSSR count). The van der Waals surface area contributed by atoms with Crippen molar-refractivity contribution in [3.8, 4) is 0 Å². The zero-order valence-electron chi connectivity index (χ0n) is 14.4. The number of aromatic nitrogens is 1. The average molecular weight is 289 g/mol. The number of hydrogen-bond donors (Lipinski definition) is 1. The van der Waals surface area contributed by atoms with Gasteiger partial charge in [-0.1, -0.05) is 34.6 Å². The first-order valence-electron chi connectivity index (χ1n) is 8.18. The molecule has 3 heteroatoms. The summed E-state index contributed by atoms with van der Waals surface area (Å²) in [5.74, 6) is 1.11. The van der Waals surface area contributed by atoms with Crippen LogP contribution in [0, 0.1) is 5.41 Å². The summed E-state index contributed by atoms with van der Waals surface area (Å²) in [6.07, 6.45) is 3.77. The molecule has 0 radical (unpaired) electrons. The summed E-state index contributed by atoms with van der Waals surface area (Å²) in [6.45, 7) is 14.2. The number of nitrogens with two attached hydrogens (primary N) is 1. The Kier molecular flexibility index (Phi) is 4.62. The molecule has 1 aromatic rings. The van der Waals surface area contributed by atoms with Crippen LogP contribution in [0.2, 0.25) is 0 Å². The van der Waals surface area contributed by atoms with E-state index in [1.54, 1.807) is 0 Å². The molecule has 0 amide bonds. The van der Waals surface area contributed by atoms with Crippen molar-refractivity contribution in [1.29, 1.82) is 0 Å². The molecule has 1 saturated heterocycles. The minimum Gasteiger partial charge on any atom is -0.357 e. The maximum atomic E-state index is 5.89. The van der Waals surface area contributed by atoms with Crippen LogP contribution in [0.15, 0.2) is 12.1 Å². The highest BCUT2D eigenvalue weighted by Gasteiger charge is 2.25. The molecule has 3 nitrogen and oxygen atoms in total. The first kappa shape index (κ1) is 16.3. The van der Waals surface area contributed by atoms with Crippen molar-refractivity contribution in [3.63, 3.8) is 0 Å². The molecule has 1 aliphatic rings. The zero-order valence-corrected chi connectivity index (χ0v) is 14.4. The topological polar surface area (TPSA) is 42.1 Å². The third-order valence-electron chi connectivity index (χ3n) is 4.54. The van der Waals surface area contributed by atoms with E-state index in [0.29, 0.717) is 12.0 Å². The molecule has 118 valence electrons. The van der Waals surface area contributed by atoms with Crippen molar-refractivity contribution in [2.24, 2.45) is 11.1 Å². The summed E-state index contributed by atoms with van der Waals surface area (Å²) in [6, 6.07) is 4.33. The Morgan fingerprint density at radius 3 is 2.52 bits per heavy atom. The predicted molar refractivity (Wildman–Crippen MR) is 90.7 cm³/mol. The average Bonchev–Trinajstić information content (AvgIpc) is 2.58. The molecule has 0 atom stereocenters. The summed E-state index contributed by atoms with van der Waals surface area (Å²) in [5, 5.41) is 0. The molecule has 0 spiro atoms. The second-order valence-electron chi connectivity index (χ2n) is 8.18. The first-order valence-corrected chi connectivity index (χ1v) is 8.18. The van der Waals surface area contributed by atoms with Gasteiger partial charge in [-0.25, -0.2) is 4.98 Å². The van der Waals surface area contributed by atoms with Gasteiger partial charge in [0.2, 0.25) is 0 Å². The Bertz CT molecular complexity index is 486. The summed E-state index contributed by atoms with van der Waals surface area (Å²) in [5.41, 5.74) is 8.73. The minimum atomic E-state index is 0.0606. The van der Waals surface area contributed by atoms with Crippen LogP contribution >= 0.6 is 0 Å². The van der Waals surface area contributed by atoms with E-state index in [4.69, 9.17) is 10.7 Å². The molecule has 0 unspecified atom stereocenters. The van der Waals surface area contributed by atoms with Gasteiger partial charge in [-0.3, -0.25) is 0 Å². The second kappa shape index (κ2) is 5.96. The molecule has 0 aromatic carbocycles. The normalized spacial score (nSPS) is 19.4. The standard InChI is InChI=1S/C18H31N3/c1-17(2,3)15-11-14(13-19)12-16(20-15)21-9-6-7-18(4,5)8-10-21/h11-12H,6-10,13,19H2,1-5H3. The van der Waals surface area contributed by atoms with Gasteiger partial charge in [0.25, 0.3) is 0 Å². The third kappa shape index (κ3) is 4.19. The Labute approximate surface area is 129 Å². The monoisotopic (exact) mass is 289 g/mol. The smallest absolute Gasteiger partial charge is 0.129 e. The lowest BCUT2D eigenvalue weighted by atomic mass is 9.85. The molecular weight excluding hydrogens is 258 g/mol. The van der Waals surface area contributed by atoms with Crippen LogP contribution in [0.4, 0.5) is 5.82 Å². The van der Waals surface area contributed by atoms with Gasteiger partial charge in [0, 0.05) is 30.7 Å². The van der Waals surface area contributed by atoms with Crippen LogP contribution in [-0.4, -0.2) is 18.1 Å². The number of hydrogen-bond acceptors (Lipinski definition) is 3. The lowest BCUT2D eigenvalue weighted by Crippen LogP contribution is -2.27. The van der Waals surface area contributed by atoms with Gasteiger partial charge in [0.15, 0.2) is 0 Å². The number of nitrogens with zero attached hydrogens (tertiary/aromatic N) is 2. The van der Waals surface area contributed by atoms with Crippen LogP contribution in [0.25, 0.3) is 0 Å². The Balaban J connectivity index is 2.30. The Hall–Kier alpha value is -1.09. The lowest BCUT2D eigenvalue weighted by molar-refractivity contribution is 0.325. The van der Waals surface area contributed by atoms with Crippen molar-refractivity contribution in [3.05, 3.63) is 23.4 Å². The fourth-order valence-corrected chi connectivity index (χ4v) is 2.89. The van der Waals surface area contributed by atoms with Crippen LogP contribution < -0.4 is 10.6 Å². The van der Waals surface area contributed by atoms with Gasteiger partial charge in [0.05, 0.1) is 0 Å². The summed E-state index contributed by atoms with van der Waals surface area (Å²) >= 11 is 0. The number of anilines is 1. The van der Waals surface area contributed by atoms with Gasteiger partial charge in [-0.15, -0.1) is 0 Å². The molecule has 1 aliphatic heterocycles. The summed E-state index contributed by atoms with van der Waals surface area (Å²) in [4.78, 5) is 7.38. The predicted octanol–water partition coefficient (Wildman–Crippen LogP) is 3.85. The molecule has 1 aromatic heterocycles. The maximum Gasteiger partial charge on any atom is 0.129 e. The highest BCUT2D eigenvalue weighted by Crippen LogP contribution is 2.32. The van der Waals surface area contributed by atoms with Crippen LogP contribution in [0.1, 0.15) is 65.1 Å². The van der Waals surface area contributed by atoms with Crippen molar-refractivity contribution in [2.45, 2.75) is 65.8 Å². The lowest BCUT2D eigenvalue weighted by Gasteiger charge is -2.27. The van der Waals surface area contributed by atoms with Crippen molar-refractivity contribution < 1.29 is 0 Å². The van der Waals surface area contributed by atoms with E-state index in [0.717, 1.165) is 24.6 Å². The zero-order chi connectivity index (χ0) is 15.7. The maximum absolute atomic E-state index is 5.89. The molecule has 1 fully saturated rings. The fourth-order valence-electron chi connectivity index (χ4n) is 2.89. The van der Waals surface area contributed by atoms with Crippen molar-refractivity contribution in [2.75, 3.05) is 18.0 Å². The largest absolute Gasteiger partial charge is 0.357 e. The van der Waals surface area contributed by atoms with Crippen molar-refractivity contribution >= 4 is 5.82 Å². The molecule has 21 heavy (non-hydrogen) atoms. The quantitative estimate of drug-likeness (QED) is 0.899. The van der Waals surface area contributed by atoms with E-state index in [1.165, 1.54) is 24.8 Å². The van der Waals surface area contributed by atoms with Crippen molar-refractivity contribution in [1.82, 2.24) is 4.98 Å². The highest BCUT2D eigenvalue weighted by molar-refractivity contribution is 5.44. The summed E-state index contributed by atoms with van der Waals surface area (Å²) in [7, 11) is 0. The molecular formula is C18H31N3. The number of pyridine rings is 1.